The Morgan fingerprint density at radius 2 is 1.95 bits per heavy atom. The zero-order chi connectivity index (χ0) is 13.8. The van der Waals surface area contributed by atoms with Gasteiger partial charge in [0.25, 0.3) is 0 Å². The highest BCUT2D eigenvalue weighted by Gasteiger charge is 2.25. The van der Waals surface area contributed by atoms with Crippen molar-refractivity contribution in [3.05, 3.63) is 35.4 Å². The molecule has 3 nitrogen and oxygen atoms in total. The van der Waals surface area contributed by atoms with Crippen LogP contribution in [0.25, 0.3) is 0 Å². The minimum absolute atomic E-state index is 0.0124. The lowest BCUT2D eigenvalue weighted by atomic mass is 9.87. The number of hydrogen-bond acceptors (Lipinski definition) is 2. The van der Waals surface area contributed by atoms with Crippen molar-refractivity contribution in [1.82, 2.24) is 5.32 Å². The number of nitrogens with one attached hydrogen (secondary N) is 1. The molecule has 5 heteroatoms. The van der Waals surface area contributed by atoms with Crippen molar-refractivity contribution in [3.8, 4) is 0 Å². The van der Waals surface area contributed by atoms with Crippen LogP contribution in [-0.4, -0.2) is 17.1 Å². The molecule has 2 rings (SSSR count). The Labute approximate surface area is 110 Å². The Balaban J connectivity index is 1.88. The molecular weight excluding hydrogens is 252 g/mol. The molecule has 1 amide bonds. The molecule has 0 aliphatic heterocycles. The normalized spacial score (nSPS) is 23.1. The summed E-state index contributed by atoms with van der Waals surface area (Å²) in [7, 11) is 0. The molecule has 0 heterocycles. The van der Waals surface area contributed by atoms with Crippen LogP contribution in [-0.2, 0) is 11.3 Å². The Morgan fingerprint density at radius 3 is 2.63 bits per heavy atom. The maximum atomic E-state index is 13.4. The van der Waals surface area contributed by atoms with Crippen LogP contribution >= 0.6 is 0 Å². The zero-order valence-electron chi connectivity index (χ0n) is 10.5. The molecule has 19 heavy (non-hydrogen) atoms. The van der Waals surface area contributed by atoms with Crippen molar-refractivity contribution in [1.29, 1.82) is 0 Å². The highest BCUT2D eigenvalue weighted by Crippen LogP contribution is 2.24. The van der Waals surface area contributed by atoms with Gasteiger partial charge in [0.05, 0.1) is 6.10 Å². The summed E-state index contributed by atoms with van der Waals surface area (Å²) in [5.41, 5.74) is 0.143. The van der Waals surface area contributed by atoms with Crippen LogP contribution in [0.2, 0.25) is 0 Å². The predicted molar refractivity (Wildman–Crippen MR) is 66.2 cm³/mol. The largest absolute Gasteiger partial charge is 0.393 e. The summed E-state index contributed by atoms with van der Waals surface area (Å²) >= 11 is 0. The first-order chi connectivity index (χ1) is 9.06. The third-order valence-corrected chi connectivity index (χ3v) is 3.53. The van der Waals surface area contributed by atoms with E-state index in [1.807, 2.05) is 0 Å². The molecule has 1 saturated carbocycles. The minimum atomic E-state index is -0.527. The van der Waals surface area contributed by atoms with E-state index >= 15 is 0 Å². The lowest BCUT2D eigenvalue weighted by molar-refractivity contribution is -0.126. The van der Waals surface area contributed by atoms with Gasteiger partial charge in [-0.15, -0.1) is 0 Å². The van der Waals surface area contributed by atoms with Gasteiger partial charge in [0.2, 0.25) is 5.91 Å². The van der Waals surface area contributed by atoms with Gasteiger partial charge in [-0.3, -0.25) is 4.79 Å². The second-order valence-electron chi connectivity index (χ2n) is 4.96. The van der Waals surface area contributed by atoms with Crippen LogP contribution in [0, 0.1) is 17.6 Å². The fourth-order valence-electron chi connectivity index (χ4n) is 2.34. The first kappa shape index (κ1) is 13.9. The number of carbonyl (C=O) groups excluding carboxylic acids is 1. The van der Waals surface area contributed by atoms with Crippen molar-refractivity contribution in [2.75, 3.05) is 0 Å². The van der Waals surface area contributed by atoms with Crippen LogP contribution in [0.5, 0.6) is 0 Å². The van der Waals surface area contributed by atoms with Crippen LogP contribution in [0.1, 0.15) is 31.2 Å². The SMILES string of the molecule is O=C(NCc1cc(F)ccc1F)C1CCC(O)CC1. The van der Waals surface area contributed by atoms with E-state index in [1.165, 1.54) is 0 Å². The van der Waals surface area contributed by atoms with Gasteiger partial charge < -0.3 is 10.4 Å². The average molecular weight is 269 g/mol. The molecule has 1 aromatic rings. The number of hydrogen-bond donors (Lipinski definition) is 2. The van der Waals surface area contributed by atoms with Crippen molar-refractivity contribution < 1.29 is 18.7 Å². The van der Waals surface area contributed by atoms with Gasteiger partial charge in [0.1, 0.15) is 11.6 Å². The number of aliphatic hydroxyl groups excluding tert-OH is 1. The van der Waals surface area contributed by atoms with Crippen molar-refractivity contribution in [2.24, 2.45) is 5.92 Å². The zero-order valence-corrected chi connectivity index (χ0v) is 10.5. The number of halogens is 2. The van der Waals surface area contributed by atoms with Crippen LogP contribution in [0.4, 0.5) is 8.78 Å². The average Bonchev–Trinajstić information content (AvgIpc) is 2.40. The predicted octanol–water partition coefficient (Wildman–Crippen LogP) is 2.13. The lowest BCUT2D eigenvalue weighted by Gasteiger charge is -2.24. The maximum absolute atomic E-state index is 13.4. The second-order valence-corrected chi connectivity index (χ2v) is 4.96. The summed E-state index contributed by atoms with van der Waals surface area (Å²) in [6.45, 7) is -0.0124. The van der Waals surface area contributed by atoms with E-state index in [9.17, 15) is 18.7 Å². The minimum Gasteiger partial charge on any atom is -0.393 e. The van der Waals surface area contributed by atoms with Crippen LogP contribution < -0.4 is 5.32 Å². The van der Waals surface area contributed by atoms with Gasteiger partial charge in [-0.25, -0.2) is 8.78 Å². The molecule has 0 aromatic heterocycles. The molecule has 104 valence electrons. The van der Waals surface area contributed by atoms with E-state index in [0.717, 1.165) is 18.2 Å². The number of amides is 1. The Morgan fingerprint density at radius 1 is 1.26 bits per heavy atom. The van der Waals surface area contributed by atoms with Crippen molar-refractivity contribution >= 4 is 5.91 Å². The molecule has 1 fully saturated rings. The molecule has 0 unspecified atom stereocenters. The molecule has 1 aliphatic rings. The van der Waals surface area contributed by atoms with E-state index in [2.05, 4.69) is 5.32 Å². The van der Waals surface area contributed by atoms with E-state index in [0.29, 0.717) is 25.7 Å². The summed E-state index contributed by atoms with van der Waals surface area (Å²) in [6, 6.07) is 3.18. The standard InChI is InChI=1S/C14H17F2NO2/c15-11-3-6-13(16)10(7-11)8-17-14(19)9-1-4-12(18)5-2-9/h3,6-7,9,12,18H,1-2,4-5,8H2,(H,17,19). The molecule has 0 radical (unpaired) electrons. The smallest absolute Gasteiger partial charge is 0.223 e. The highest BCUT2D eigenvalue weighted by atomic mass is 19.1. The van der Waals surface area contributed by atoms with Gasteiger partial charge in [-0.2, -0.15) is 0 Å². The van der Waals surface area contributed by atoms with Crippen molar-refractivity contribution in [2.45, 2.75) is 38.3 Å². The van der Waals surface area contributed by atoms with Gasteiger partial charge in [-0.1, -0.05) is 0 Å². The summed E-state index contributed by atoms with van der Waals surface area (Å²) in [6.07, 6.45) is 2.19. The maximum Gasteiger partial charge on any atom is 0.223 e. The summed E-state index contributed by atoms with van der Waals surface area (Å²) in [5.74, 6) is -1.34. The molecule has 0 saturated heterocycles. The van der Waals surface area contributed by atoms with Crippen LogP contribution in [0.3, 0.4) is 0 Å². The highest BCUT2D eigenvalue weighted by molar-refractivity contribution is 5.78. The Bertz CT molecular complexity index is 457. The number of benzene rings is 1. The lowest BCUT2D eigenvalue weighted by Crippen LogP contribution is -2.33. The third-order valence-electron chi connectivity index (χ3n) is 3.53. The van der Waals surface area contributed by atoms with E-state index in [1.54, 1.807) is 0 Å². The first-order valence-corrected chi connectivity index (χ1v) is 6.46. The van der Waals surface area contributed by atoms with Crippen molar-refractivity contribution in [3.63, 3.8) is 0 Å². The molecule has 1 aromatic carbocycles. The second kappa shape index (κ2) is 6.10. The van der Waals surface area contributed by atoms with E-state index in [-0.39, 0.29) is 30.0 Å². The van der Waals surface area contributed by atoms with Gasteiger partial charge in [0, 0.05) is 18.0 Å². The quantitative estimate of drug-likeness (QED) is 0.883. The monoisotopic (exact) mass is 269 g/mol. The fourth-order valence-corrected chi connectivity index (χ4v) is 2.34. The molecule has 0 bridgehead atoms. The van der Waals surface area contributed by atoms with Gasteiger partial charge in [-0.05, 0) is 43.9 Å². The molecule has 0 atom stereocenters. The fraction of sp³-hybridized carbons (Fsp3) is 0.500. The summed E-state index contributed by atoms with van der Waals surface area (Å²) in [4.78, 5) is 11.9. The van der Waals surface area contributed by atoms with Gasteiger partial charge >= 0.3 is 0 Å². The molecular formula is C14H17F2NO2. The number of carbonyl (C=O) groups is 1. The topological polar surface area (TPSA) is 49.3 Å². The summed E-state index contributed by atoms with van der Waals surface area (Å²) < 4.78 is 26.3. The molecule has 1 aliphatic carbocycles. The van der Waals surface area contributed by atoms with Gasteiger partial charge in [0.15, 0.2) is 0 Å². The third kappa shape index (κ3) is 3.73. The summed E-state index contributed by atoms with van der Waals surface area (Å²) in [5, 5.41) is 12.0. The van der Waals surface area contributed by atoms with E-state index in [4.69, 9.17) is 0 Å². The van der Waals surface area contributed by atoms with Crippen LogP contribution in [0.15, 0.2) is 18.2 Å². The Hall–Kier alpha value is -1.49. The molecule has 0 spiro atoms. The molecule has 2 N–H and O–H groups in total. The van der Waals surface area contributed by atoms with E-state index < -0.39 is 11.6 Å². The Kier molecular flexibility index (Phi) is 4.47. The number of aliphatic hydroxyl groups is 1. The number of rotatable bonds is 3. The first-order valence-electron chi connectivity index (χ1n) is 6.46.